The molecule has 1 saturated carbocycles. The minimum Gasteiger partial charge on any atom is -0.391 e. The molecule has 1 aliphatic carbocycles. The lowest BCUT2D eigenvalue weighted by Gasteiger charge is -2.42. The fraction of sp³-hybridized carbons (Fsp3) is 0.800. The average Bonchev–Trinajstić information content (AvgIpc) is 2.86. The van der Waals surface area contributed by atoms with E-state index in [1.54, 1.807) is 11.3 Å². The molecule has 1 aromatic heterocycles. The quantitative estimate of drug-likeness (QED) is 0.924. The number of hydrogen-bond acceptors (Lipinski definition) is 5. The molecule has 112 valence electrons. The third kappa shape index (κ3) is 3.39. The molecule has 0 amide bonds. The van der Waals surface area contributed by atoms with Gasteiger partial charge in [-0.2, -0.15) is 0 Å². The van der Waals surface area contributed by atoms with E-state index in [9.17, 15) is 5.11 Å². The maximum atomic E-state index is 10.2. The van der Waals surface area contributed by atoms with Crippen molar-refractivity contribution in [1.29, 1.82) is 0 Å². The van der Waals surface area contributed by atoms with E-state index in [1.165, 1.54) is 25.0 Å². The molecule has 0 radical (unpaired) electrons. The van der Waals surface area contributed by atoms with Crippen LogP contribution in [0.5, 0.6) is 0 Å². The van der Waals surface area contributed by atoms with E-state index in [1.807, 2.05) is 0 Å². The maximum absolute atomic E-state index is 10.2. The first-order valence-electron chi connectivity index (χ1n) is 7.78. The minimum absolute atomic E-state index is 0.100. The maximum Gasteiger partial charge on any atom is 0.0897 e. The monoisotopic (exact) mass is 295 g/mol. The predicted octanol–water partition coefficient (Wildman–Crippen LogP) is 1.87. The zero-order valence-corrected chi connectivity index (χ0v) is 13.1. The summed E-state index contributed by atoms with van der Waals surface area (Å²) < 4.78 is 0. The van der Waals surface area contributed by atoms with E-state index in [-0.39, 0.29) is 6.10 Å². The van der Waals surface area contributed by atoms with Crippen molar-refractivity contribution < 1.29 is 5.11 Å². The number of thiazole rings is 1. The molecule has 20 heavy (non-hydrogen) atoms. The summed E-state index contributed by atoms with van der Waals surface area (Å²) >= 11 is 1.74. The van der Waals surface area contributed by atoms with Crippen LogP contribution in [-0.4, -0.2) is 58.2 Å². The Bertz CT molecular complexity index is 429. The van der Waals surface area contributed by atoms with Gasteiger partial charge >= 0.3 is 0 Å². The smallest absolute Gasteiger partial charge is 0.0897 e. The number of aromatic nitrogens is 1. The van der Waals surface area contributed by atoms with Crippen LogP contribution >= 0.6 is 11.3 Å². The Hall–Kier alpha value is -0.490. The second kappa shape index (κ2) is 6.52. The van der Waals surface area contributed by atoms with Gasteiger partial charge < -0.3 is 5.11 Å². The number of aliphatic hydroxyl groups is 1. The summed E-state index contributed by atoms with van der Waals surface area (Å²) in [6.45, 7) is 7.41. The van der Waals surface area contributed by atoms with E-state index < -0.39 is 0 Å². The van der Waals surface area contributed by atoms with Gasteiger partial charge in [0.1, 0.15) is 0 Å². The largest absolute Gasteiger partial charge is 0.391 e. The highest BCUT2D eigenvalue weighted by Crippen LogP contribution is 2.24. The normalized spacial score (nSPS) is 29.7. The number of rotatable bonds is 3. The summed E-state index contributed by atoms with van der Waals surface area (Å²) in [6, 6.07) is 0.410. The first kappa shape index (κ1) is 14.4. The molecule has 0 bridgehead atoms. The van der Waals surface area contributed by atoms with Crippen molar-refractivity contribution in [2.24, 2.45) is 0 Å². The van der Waals surface area contributed by atoms with Crippen molar-refractivity contribution in [2.75, 3.05) is 26.2 Å². The van der Waals surface area contributed by atoms with Gasteiger partial charge in [-0.1, -0.05) is 12.8 Å². The lowest BCUT2D eigenvalue weighted by Crippen LogP contribution is -2.54. The molecular formula is C15H25N3OS. The highest BCUT2D eigenvalue weighted by Gasteiger charge is 2.30. The van der Waals surface area contributed by atoms with E-state index in [4.69, 9.17) is 0 Å². The van der Waals surface area contributed by atoms with Gasteiger partial charge in [-0.25, -0.2) is 4.98 Å². The number of aliphatic hydroxyl groups excluding tert-OH is 1. The number of aryl methyl sites for hydroxylation is 1. The van der Waals surface area contributed by atoms with E-state index >= 15 is 0 Å². The fourth-order valence-electron chi connectivity index (χ4n) is 3.48. The molecule has 1 aromatic rings. The van der Waals surface area contributed by atoms with E-state index in [0.29, 0.717) is 6.04 Å². The van der Waals surface area contributed by atoms with Gasteiger partial charge in [0.05, 0.1) is 16.8 Å². The highest BCUT2D eigenvalue weighted by atomic mass is 32.1. The van der Waals surface area contributed by atoms with Crippen LogP contribution in [0, 0.1) is 6.92 Å². The van der Waals surface area contributed by atoms with Crippen LogP contribution in [-0.2, 0) is 6.54 Å². The molecule has 2 aliphatic rings. The Morgan fingerprint density at radius 3 is 2.65 bits per heavy atom. The summed E-state index contributed by atoms with van der Waals surface area (Å²) in [5, 5.41) is 13.5. The molecule has 4 nitrogen and oxygen atoms in total. The summed E-state index contributed by atoms with van der Waals surface area (Å²) in [6.07, 6.45) is 4.53. The zero-order valence-electron chi connectivity index (χ0n) is 12.3. The van der Waals surface area contributed by atoms with Crippen LogP contribution < -0.4 is 0 Å². The van der Waals surface area contributed by atoms with Crippen LogP contribution in [0.15, 0.2) is 5.38 Å². The Labute approximate surface area is 125 Å². The van der Waals surface area contributed by atoms with Crippen molar-refractivity contribution in [3.8, 4) is 0 Å². The molecule has 0 spiro atoms. The van der Waals surface area contributed by atoms with Gasteiger partial charge in [0, 0.05) is 44.1 Å². The summed E-state index contributed by atoms with van der Waals surface area (Å²) in [5.41, 5.74) is 1.21. The Kier molecular flexibility index (Phi) is 4.71. The molecule has 0 aromatic carbocycles. The molecule has 5 heteroatoms. The van der Waals surface area contributed by atoms with Crippen LogP contribution in [0.25, 0.3) is 0 Å². The number of nitrogens with zero attached hydrogens (tertiary/aromatic N) is 3. The molecule has 3 rings (SSSR count). The van der Waals surface area contributed by atoms with Crippen molar-refractivity contribution in [3.63, 3.8) is 0 Å². The first-order valence-corrected chi connectivity index (χ1v) is 8.66. The van der Waals surface area contributed by atoms with Gasteiger partial charge in [0.2, 0.25) is 0 Å². The van der Waals surface area contributed by atoms with Crippen molar-refractivity contribution >= 4 is 11.3 Å². The Morgan fingerprint density at radius 2 is 2.00 bits per heavy atom. The lowest BCUT2D eigenvalue weighted by molar-refractivity contribution is -0.00487. The standard InChI is InChI=1S/C15H25N3OS/c1-12-16-13(11-20-12)10-17-6-8-18(9-7-17)14-4-2-3-5-15(14)19/h11,14-15,19H,2-10H2,1H3. The molecule has 2 atom stereocenters. The minimum atomic E-state index is -0.100. The molecule has 2 heterocycles. The topological polar surface area (TPSA) is 39.6 Å². The second-order valence-corrected chi connectivity index (χ2v) is 7.15. The van der Waals surface area contributed by atoms with Gasteiger partial charge in [-0.15, -0.1) is 11.3 Å². The van der Waals surface area contributed by atoms with Crippen molar-refractivity contribution in [3.05, 3.63) is 16.1 Å². The second-order valence-electron chi connectivity index (χ2n) is 6.09. The van der Waals surface area contributed by atoms with Crippen molar-refractivity contribution in [1.82, 2.24) is 14.8 Å². The third-order valence-corrected chi connectivity index (χ3v) is 5.44. The van der Waals surface area contributed by atoms with E-state index in [0.717, 1.165) is 44.2 Å². The van der Waals surface area contributed by atoms with Gasteiger partial charge in [0.15, 0.2) is 0 Å². The van der Waals surface area contributed by atoms with Crippen LogP contribution in [0.2, 0.25) is 0 Å². The lowest BCUT2D eigenvalue weighted by atomic mass is 9.91. The van der Waals surface area contributed by atoms with Crippen LogP contribution in [0.1, 0.15) is 36.4 Å². The third-order valence-electron chi connectivity index (χ3n) is 4.62. The Balaban J connectivity index is 1.49. The predicted molar refractivity (Wildman–Crippen MR) is 82.0 cm³/mol. The number of piperazine rings is 1. The SMILES string of the molecule is Cc1nc(CN2CCN(C3CCCCC3O)CC2)cs1. The number of hydrogen-bond donors (Lipinski definition) is 1. The first-order chi connectivity index (χ1) is 9.72. The highest BCUT2D eigenvalue weighted by molar-refractivity contribution is 7.09. The van der Waals surface area contributed by atoms with Crippen LogP contribution in [0.4, 0.5) is 0 Å². The van der Waals surface area contributed by atoms with Crippen molar-refractivity contribution in [2.45, 2.75) is 51.3 Å². The van der Waals surface area contributed by atoms with Crippen LogP contribution in [0.3, 0.4) is 0 Å². The molecule has 1 aliphatic heterocycles. The van der Waals surface area contributed by atoms with Gasteiger partial charge in [0.25, 0.3) is 0 Å². The molecule has 2 fully saturated rings. The van der Waals surface area contributed by atoms with Gasteiger partial charge in [-0.05, 0) is 19.8 Å². The fourth-order valence-corrected chi connectivity index (χ4v) is 4.08. The summed E-state index contributed by atoms with van der Waals surface area (Å²) in [5.74, 6) is 0. The summed E-state index contributed by atoms with van der Waals surface area (Å²) in [7, 11) is 0. The van der Waals surface area contributed by atoms with E-state index in [2.05, 4.69) is 27.1 Å². The Morgan fingerprint density at radius 1 is 1.25 bits per heavy atom. The summed E-state index contributed by atoms with van der Waals surface area (Å²) in [4.78, 5) is 9.54. The molecule has 1 N–H and O–H groups in total. The zero-order chi connectivity index (χ0) is 13.9. The average molecular weight is 295 g/mol. The molecule has 1 saturated heterocycles. The molecule has 2 unspecified atom stereocenters. The molecular weight excluding hydrogens is 270 g/mol. The van der Waals surface area contributed by atoms with Gasteiger partial charge in [-0.3, -0.25) is 9.80 Å².